The fourth-order valence-electron chi connectivity index (χ4n) is 5.00. The van der Waals surface area contributed by atoms with E-state index in [1.54, 1.807) is 6.07 Å². The van der Waals surface area contributed by atoms with Gasteiger partial charge in [-0.1, -0.05) is 57.3 Å². The van der Waals surface area contributed by atoms with Crippen molar-refractivity contribution in [3.63, 3.8) is 0 Å². The summed E-state index contributed by atoms with van der Waals surface area (Å²) >= 11 is 0. The number of halogens is 1. The van der Waals surface area contributed by atoms with Gasteiger partial charge in [0, 0.05) is 17.7 Å². The monoisotopic (exact) mass is 355 g/mol. The van der Waals surface area contributed by atoms with Gasteiger partial charge in [-0.2, -0.15) is 4.39 Å². The van der Waals surface area contributed by atoms with E-state index < -0.39 is 5.95 Å². The van der Waals surface area contributed by atoms with E-state index in [4.69, 9.17) is 0 Å². The molecule has 0 unspecified atom stereocenters. The maximum Gasteiger partial charge on any atom is 0.212 e. The van der Waals surface area contributed by atoms with E-state index in [-0.39, 0.29) is 0 Å². The lowest BCUT2D eigenvalue weighted by Gasteiger charge is -2.37. The van der Waals surface area contributed by atoms with Gasteiger partial charge in [0.05, 0.1) is 0 Å². The molecule has 1 heterocycles. The quantitative estimate of drug-likeness (QED) is 0.323. The molecule has 0 aromatic carbocycles. The lowest BCUT2D eigenvalue weighted by atomic mass is 9.69. The minimum absolute atomic E-state index is 0.434. The van der Waals surface area contributed by atoms with Crippen LogP contribution in [0.25, 0.3) is 0 Å². The van der Waals surface area contributed by atoms with Crippen molar-refractivity contribution in [3.05, 3.63) is 29.8 Å². The smallest absolute Gasteiger partial charge is 0.212 e. The second-order valence-corrected chi connectivity index (χ2v) is 8.53. The molecule has 2 aliphatic rings. The third-order valence-electron chi connectivity index (χ3n) is 6.69. The third kappa shape index (κ3) is 5.83. The number of hydrogen-bond acceptors (Lipinski definition) is 1. The summed E-state index contributed by atoms with van der Waals surface area (Å²) in [4.78, 5) is 3.68. The molecular weight excluding hydrogens is 321 g/mol. The molecule has 0 atom stereocenters. The van der Waals surface area contributed by atoms with Crippen LogP contribution in [0.15, 0.2) is 18.3 Å². The molecule has 0 spiro atoms. The number of aromatic nitrogens is 1. The van der Waals surface area contributed by atoms with E-state index in [0.717, 1.165) is 23.3 Å². The zero-order valence-electron chi connectivity index (χ0n) is 16.4. The number of nitrogens with zero attached hydrogens (tertiary/aromatic N) is 1. The summed E-state index contributed by atoms with van der Waals surface area (Å²) in [5, 5.41) is 0. The van der Waals surface area contributed by atoms with E-state index in [1.165, 1.54) is 89.3 Å². The standard InChI is InChI=1S/C24H34FN/c1-2-3-4-5-19-8-13-22(14-9-19)23-15-10-20(11-16-23)6-7-21-12-17-24(25)26-18-21/h12,17-20,22-23H,2-5,8-11,13-16H2,1H3/t19-,20?,22-,23?. The van der Waals surface area contributed by atoms with E-state index >= 15 is 0 Å². The summed E-state index contributed by atoms with van der Waals surface area (Å²) in [5.41, 5.74) is 0.829. The Labute approximate surface area is 159 Å². The Morgan fingerprint density at radius 1 is 0.962 bits per heavy atom. The van der Waals surface area contributed by atoms with Gasteiger partial charge in [-0.3, -0.25) is 0 Å². The topological polar surface area (TPSA) is 12.9 Å². The number of pyridine rings is 1. The molecule has 0 amide bonds. The van der Waals surface area contributed by atoms with E-state index in [0.29, 0.717) is 5.92 Å². The van der Waals surface area contributed by atoms with E-state index in [1.807, 2.05) is 0 Å². The zero-order valence-corrected chi connectivity index (χ0v) is 16.4. The van der Waals surface area contributed by atoms with Gasteiger partial charge in [0.1, 0.15) is 0 Å². The Balaban J connectivity index is 1.38. The SMILES string of the molecule is CCCCC[C@H]1CC[C@H](C2CCC(C#Cc3ccc(F)nc3)CC2)CC1. The molecule has 0 saturated heterocycles. The Hall–Kier alpha value is -1.36. The van der Waals surface area contributed by atoms with Crippen LogP contribution in [0.1, 0.15) is 89.5 Å². The fraction of sp³-hybridized carbons (Fsp3) is 0.708. The average molecular weight is 356 g/mol. The van der Waals surface area contributed by atoms with Gasteiger partial charge < -0.3 is 0 Å². The van der Waals surface area contributed by atoms with Crippen LogP contribution in [0.5, 0.6) is 0 Å². The fourth-order valence-corrected chi connectivity index (χ4v) is 5.00. The Morgan fingerprint density at radius 3 is 2.27 bits per heavy atom. The molecular formula is C24H34FN. The van der Waals surface area contributed by atoms with Crippen molar-refractivity contribution in [2.24, 2.45) is 23.7 Å². The molecule has 1 nitrogen and oxygen atoms in total. The van der Waals surface area contributed by atoms with Crippen LogP contribution in [0.4, 0.5) is 4.39 Å². The van der Waals surface area contributed by atoms with Crippen LogP contribution in [-0.4, -0.2) is 4.98 Å². The molecule has 1 aromatic heterocycles. The predicted molar refractivity (Wildman–Crippen MR) is 106 cm³/mol. The molecule has 1 aromatic rings. The zero-order chi connectivity index (χ0) is 18.2. The van der Waals surface area contributed by atoms with Crippen molar-refractivity contribution in [2.45, 2.75) is 84.0 Å². The largest absolute Gasteiger partial charge is 0.227 e. The van der Waals surface area contributed by atoms with Crippen LogP contribution in [0, 0.1) is 41.5 Å². The molecule has 26 heavy (non-hydrogen) atoms. The molecule has 0 radical (unpaired) electrons. The second-order valence-electron chi connectivity index (χ2n) is 8.53. The van der Waals surface area contributed by atoms with Crippen molar-refractivity contribution >= 4 is 0 Å². The first kappa shape index (κ1) is 19.4. The first-order valence-corrected chi connectivity index (χ1v) is 10.9. The van der Waals surface area contributed by atoms with Crippen molar-refractivity contribution in [2.75, 3.05) is 0 Å². The number of unbranched alkanes of at least 4 members (excludes halogenated alkanes) is 2. The summed E-state index contributed by atoms with van der Waals surface area (Å²) in [6.45, 7) is 2.30. The first-order valence-electron chi connectivity index (χ1n) is 10.9. The van der Waals surface area contributed by atoms with E-state index in [2.05, 4.69) is 23.7 Å². The normalized spacial score (nSPS) is 29.0. The van der Waals surface area contributed by atoms with Crippen LogP contribution < -0.4 is 0 Å². The highest BCUT2D eigenvalue weighted by Crippen LogP contribution is 2.42. The van der Waals surface area contributed by atoms with Crippen molar-refractivity contribution in [3.8, 4) is 11.8 Å². The minimum Gasteiger partial charge on any atom is -0.227 e. The molecule has 0 aliphatic heterocycles. The molecule has 3 rings (SSSR count). The minimum atomic E-state index is -0.434. The highest BCUT2D eigenvalue weighted by molar-refractivity contribution is 5.32. The summed E-state index contributed by atoms with van der Waals surface area (Å²) in [7, 11) is 0. The molecule has 2 fully saturated rings. The molecule has 142 valence electrons. The molecule has 0 bridgehead atoms. The van der Waals surface area contributed by atoms with Gasteiger partial charge in [-0.05, 0) is 68.4 Å². The lowest BCUT2D eigenvalue weighted by molar-refractivity contribution is 0.153. The first-order chi connectivity index (χ1) is 12.7. The number of hydrogen-bond donors (Lipinski definition) is 0. The van der Waals surface area contributed by atoms with Crippen molar-refractivity contribution in [1.29, 1.82) is 0 Å². The van der Waals surface area contributed by atoms with Crippen LogP contribution >= 0.6 is 0 Å². The molecule has 0 N–H and O–H groups in total. The molecule has 2 aliphatic carbocycles. The second kappa shape index (κ2) is 10.1. The summed E-state index contributed by atoms with van der Waals surface area (Å²) in [5.74, 6) is 9.61. The van der Waals surface area contributed by atoms with Crippen molar-refractivity contribution in [1.82, 2.24) is 4.98 Å². The molecule has 2 saturated carbocycles. The number of rotatable bonds is 5. The Kier molecular flexibility index (Phi) is 7.54. The van der Waals surface area contributed by atoms with Crippen LogP contribution in [0.3, 0.4) is 0 Å². The van der Waals surface area contributed by atoms with E-state index in [9.17, 15) is 4.39 Å². The lowest BCUT2D eigenvalue weighted by Crippen LogP contribution is -2.25. The van der Waals surface area contributed by atoms with Crippen molar-refractivity contribution < 1.29 is 4.39 Å². The summed E-state index contributed by atoms with van der Waals surface area (Å²) in [6, 6.07) is 3.11. The summed E-state index contributed by atoms with van der Waals surface area (Å²) in [6.07, 6.45) is 18.3. The summed E-state index contributed by atoms with van der Waals surface area (Å²) < 4.78 is 12.8. The third-order valence-corrected chi connectivity index (χ3v) is 6.69. The van der Waals surface area contributed by atoms with Gasteiger partial charge in [-0.15, -0.1) is 0 Å². The predicted octanol–water partition coefficient (Wildman–Crippen LogP) is 6.77. The van der Waals surface area contributed by atoms with Crippen LogP contribution in [0.2, 0.25) is 0 Å². The Bertz CT molecular complexity index is 581. The van der Waals surface area contributed by atoms with Gasteiger partial charge in [0.25, 0.3) is 0 Å². The Morgan fingerprint density at radius 2 is 1.65 bits per heavy atom. The van der Waals surface area contributed by atoms with Crippen LogP contribution in [-0.2, 0) is 0 Å². The van der Waals surface area contributed by atoms with Gasteiger partial charge in [-0.25, -0.2) is 4.98 Å². The highest BCUT2D eigenvalue weighted by atomic mass is 19.1. The molecule has 2 heteroatoms. The highest BCUT2D eigenvalue weighted by Gasteiger charge is 2.30. The van der Waals surface area contributed by atoms with Gasteiger partial charge in [0.15, 0.2) is 0 Å². The average Bonchev–Trinajstić information content (AvgIpc) is 2.69. The maximum absolute atomic E-state index is 12.8. The van der Waals surface area contributed by atoms with Gasteiger partial charge >= 0.3 is 0 Å². The van der Waals surface area contributed by atoms with Gasteiger partial charge in [0.2, 0.25) is 5.95 Å². The maximum atomic E-state index is 12.8.